The van der Waals surface area contributed by atoms with Crippen LogP contribution in [0.1, 0.15) is 37.9 Å². The smallest absolute Gasteiger partial charge is 0.119 e. The topological polar surface area (TPSA) is 37.9 Å². The molecule has 20 heavy (non-hydrogen) atoms. The second kappa shape index (κ2) is 7.53. The maximum atomic E-state index is 5.82. The van der Waals surface area contributed by atoms with E-state index in [4.69, 9.17) is 4.74 Å². The van der Waals surface area contributed by atoms with Crippen LogP contribution in [0.2, 0.25) is 0 Å². The number of hydrogen-bond donors (Lipinski definition) is 1. The number of aromatic amines is 1. The van der Waals surface area contributed by atoms with Gasteiger partial charge in [-0.15, -0.1) is 0 Å². The maximum absolute atomic E-state index is 5.82. The summed E-state index contributed by atoms with van der Waals surface area (Å²) in [5.41, 5.74) is 3.76. The molecule has 0 atom stereocenters. The number of nitrogens with zero attached hydrogens (tertiary/aromatic N) is 1. The minimum absolute atomic E-state index is 0.722. The Labute approximate surface area is 120 Å². The van der Waals surface area contributed by atoms with Crippen LogP contribution in [0.5, 0.6) is 5.75 Å². The van der Waals surface area contributed by atoms with Crippen LogP contribution in [0.4, 0.5) is 0 Å². The summed E-state index contributed by atoms with van der Waals surface area (Å²) < 4.78 is 5.82. The van der Waals surface area contributed by atoms with E-state index in [1.54, 1.807) is 6.33 Å². The summed E-state index contributed by atoms with van der Waals surface area (Å²) in [4.78, 5) is 7.11. The Morgan fingerprint density at radius 1 is 1.40 bits per heavy atom. The first-order valence-electron chi connectivity index (χ1n) is 7.19. The zero-order chi connectivity index (χ0) is 14.2. The number of imidazole rings is 1. The Morgan fingerprint density at radius 2 is 2.30 bits per heavy atom. The Balaban J connectivity index is 1.85. The van der Waals surface area contributed by atoms with E-state index in [0.29, 0.717) is 0 Å². The van der Waals surface area contributed by atoms with Crippen molar-refractivity contribution in [1.29, 1.82) is 0 Å². The average Bonchev–Trinajstić information content (AvgIpc) is 2.99. The van der Waals surface area contributed by atoms with E-state index in [2.05, 4.69) is 48.1 Å². The molecule has 1 N–H and O–H groups in total. The number of H-pyrrole nitrogens is 1. The van der Waals surface area contributed by atoms with Gasteiger partial charge in [0.05, 0.1) is 12.9 Å². The summed E-state index contributed by atoms with van der Waals surface area (Å²) in [6, 6.07) is 8.33. The van der Waals surface area contributed by atoms with Gasteiger partial charge in [0, 0.05) is 11.9 Å². The molecule has 0 aliphatic carbocycles. The van der Waals surface area contributed by atoms with Gasteiger partial charge in [-0.25, -0.2) is 4.98 Å². The van der Waals surface area contributed by atoms with Gasteiger partial charge < -0.3 is 9.72 Å². The predicted molar refractivity (Wildman–Crippen MR) is 82.8 cm³/mol. The van der Waals surface area contributed by atoms with Gasteiger partial charge in [-0.2, -0.15) is 0 Å². The van der Waals surface area contributed by atoms with Gasteiger partial charge in [0.15, 0.2) is 0 Å². The Bertz CT molecular complexity index is 544. The molecule has 0 unspecified atom stereocenters. The minimum atomic E-state index is 0.722. The second-order valence-corrected chi connectivity index (χ2v) is 4.72. The lowest BCUT2D eigenvalue weighted by atomic mass is 10.0. The molecule has 0 spiro atoms. The summed E-state index contributed by atoms with van der Waals surface area (Å²) in [5.74, 6) is 0.944. The Morgan fingerprint density at radius 3 is 3.00 bits per heavy atom. The molecule has 0 saturated carbocycles. The molecule has 0 saturated heterocycles. The van der Waals surface area contributed by atoms with Gasteiger partial charge in [-0.05, 0) is 49.5 Å². The summed E-state index contributed by atoms with van der Waals surface area (Å²) >= 11 is 0. The molecule has 2 rings (SSSR count). The summed E-state index contributed by atoms with van der Waals surface area (Å²) in [6.07, 6.45) is 8.73. The van der Waals surface area contributed by atoms with E-state index in [1.807, 2.05) is 12.3 Å². The highest BCUT2D eigenvalue weighted by Gasteiger charge is 2.01. The van der Waals surface area contributed by atoms with Crippen LogP contribution in [0.3, 0.4) is 0 Å². The van der Waals surface area contributed by atoms with Gasteiger partial charge in [-0.1, -0.05) is 25.1 Å². The fourth-order valence-corrected chi connectivity index (χ4v) is 2.23. The maximum Gasteiger partial charge on any atom is 0.119 e. The zero-order valence-electron chi connectivity index (χ0n) is 12.2. The molecular weight excluding hydrogens is 248 g/mol. The lowest BCUT2D eigenvalue weighted by Crippen LogP contribution is -2.00. The van der Waals surface area contributed by atoms with Gasteiger partial charge in [-0.3, -0.25) is 0 Å². The largest absolute Gasteiger partial charge is 0.494 e. The standard InChI is InChI=1S/C17H22N2O/c1-3-14(4-2)15-7-5-9-17(11-15)20-10-6-8-16-12-18-13-19-16/h3,5,7,9,11-13H,4,6,8,10H2,1-2H3,(H,18,19)/b14-3+. The number of hydrogen-bond acceptors (Lipinski definition) is 2. The minimum Gasteiger partial charge on any atom is -0.494 e. The van der Waals surface area contributed by atoms with Crippen molar-refractivity contribution in [2.45, 2.75) is 33.1 Å². The molecule has 0 amide bonds. The monoisotopic (exact) mass is 270 g/mol. The second-order valence-electron chi connectivity index (χ2n) is 4.72. The van der Waals surface area contributed by atoms with Crippen LogP contribution in [-0.2, 0) is 6.42 Å². The average molecular weight is 270 g/mol. The van der Waals surface area contributed by atoms with Crippen LogP contribution in [0, 0.1) is 0 Å². The number of benzene rings is 1. The van der Waals surface area contributed by atoms with Crippen molar-refractivity contribution in [2.75, 3.05) is 6.61 Å². The summed E-state index contributed by atoms with van der Waals surface area (Å²) in [5, 5.41) is 0. The highest BCUT2D eigenvalue weighted by Crippen LogP contribution is 2.22. The third kappa shape index (κ3) is 3.98. The van der Waals surface area contributed by atoms with Crippen LogP contribution >= 0.6 is 0 Å². The first-order valence-corrected chi connectivity index (χ1v) is 7.19. The molecule has 0 fully saturated rings. The van der Waals surface area contributed by atoms with Crippen molar-refractivity contribution in [3.05, 3.63) is 54.1 Å². The molecule has 0 aliphatic heterocycles. The van der Waals surface area contributed by atoms with Crippen molar-refractivity contribution < 1.29 is 4.74 Å². The first kappa shape index (κ1) is 14.4. The molecule has 0 radical (unpaired) electrons. The third-order valence-electron chi connectivity index (χ3n) is 3.35. The zero-order valence-corrected chi connectivity index (χ0v) is 12.2. The van der Waals surface area contributed by atoms with E-state index in [1.165, 1.54) is 11.1 Å². The third-order valence-corrected chi connectivity index (χ3v) is 3.35. The van der Waals surface area contributed by atoms with Crippen molar-refractivity contribution in [2.24, 2.45) is 0 Å². The lowest BCUT2D eigenvalue weighted by molar-refractivity contribution is 0.310. The highest BCUT2D eigenvalue weighted by molar-refractivity contribution is 5.66. The summed E-state index contributed by atoms with van der Waals surface area (Å²) in [7, 11) is 0. The van der Waals surface area contributed by atoms with Crippen LogP contribution < -0.4 is 4.74 Å². The van der Waals surface area contributed by atoms with E-state index < -0.39 is 0 Å². The van der Waals surface area contributed by atoms with E-state index >= 15 is 0 Å². The molecule has 106 valence electrons. The molecule has 3 heteroatoms. The number of rotatable bonds is 7. The quantitative estimate of drug-likeness (QED) is 0.764. The molecule has 1 aromatic heterocycles. The normalized spacial score (nSPS) is 11.6. The highest BCUT2D eigenvalue weighted by atomic mass is 16.5. The fraction of sp³-hybridized carbons (Fsp3) is 0.353. The SMILES string of the molecule is C/C=C(\CC)c1cccc(OCCCc2cnc[nH]2)c1. The fourth-order valence-electron chi connectivity index (χ4n) is 2.23. The molecule has 0 aliphatic rings. The predicted octanol–water partition coefficient (Wildman–Crippen LogP) is 4.23. The number of ether oxygens (including phenoxy) is 1. The molecule has 3 nitrogen and oxygen atoms in total. The van der Waals surface area contributed by atoms with Crippen molar-refractivity contribution in [1.82, 2.24) is 9.97 Å². The van der Waals surface area contributed by atoms with E-state index in [-0.39, 0.29) is 0 Å². The number of aryl methyl sites for hydroxylation is 1. The van der Waals surface area contributed by atoms with Crippen molar-refractivity contribution >= 4 is 5.57 Å². The van der Waals surface area contributed by atoms with Gasteiger partial charge >= 0.3 is 0 Å². The lowest BCUT2D eigenvalue weighted by Gasteiger charge is -2.09. The van der Waals surface area contributed by atoms with Crippen LogP contribution in [0.25, 0.3) is 5.57 Å². The van der Waals surface area contributed by atoms with Crippen molar-refractivity contribution in [3.63, 3.8) is 0 Å². The Hall–Kier alpha value is -2.03. The summed E-state index contributed by atoms with van der Waals surface area (Å²) in [6.45, 7) is 4.98. The van der Waals surface area contributed by atoms with E-state index in [9.17, 15) is 0 Å². The van der Waals surface area contributed by atoms with Gasteiger partial charge in [0.25, 0.3) is 0 Å². The van der Waals surface area contributed by atoms with E-state index in [0.717, 1.165) is 37.3 Å². The van der Waals surface area contributed by atoms with Gasteiger partial charge in [0.2, 0.25) is 0 Å². The molecule has 0 bridgehead atoms. The number of nitrogens with one attached hydrogen (secondary N) is 1. The molecule has 1 aromatic carbocycles. The molecule has 2 aromatic rings. The molecule has 1 heterocycles. The van der Waals surface area contributed by atoms with Crippen LogP contribution in [0.15, 0.2) is 42.9 Å². The molecular formula is C17H22N2O. The van der Waals surface area contributed by atoms with Crippen LogP contribution in [-0.4, -0.2) is 16.6 Å². The number of aromatic nitrogens is 2. The van der Waals surface area contributed by atoms with Gasteiger partial charge in [0.1, 0.15) is 5.75 Å². The van der Waals surface area contributed by atoms with Crippen molar-refractivity contribution in [3.8, 4) is 5.75 Å². The first-order chi connectivity index (χ1) is 9.83. The number of allylic oxidation sites excluding steroid dienone is 2. The Kier molecular flexibility index (Phi) is 5.42.